The number of carbonyl (C=O) groups excluding carboxylic acids is 1. The minimum absolute atomic E-state index is 0.157. The Bertz CT molecular complexity index is 500. The van der Waals surface area contributed by atoms with Gasteiger partial charge in [-0.25, -0.2) is 0 Å². The minimum atomic E-state index is -1.79. The molecule has 27 heavy (non-hydrogen) atoms. The van der Waals surface area contributed by atoms with Gasteiger partial charge in [0.05, 0.1) is 11.8 Å². The Morgan fingerprint density at radius 3 is 2.04 bits per heavy atom. The normalized spacial score (nSPS) is 15.1. The molecule has 0 aliphatic rings. The van der Waals surface area contributed by atoms with Crippen LogP contribution in [0.25, 0.3) is 0 Å². The monoisotopic (exact) mass is 400 g/mol. The molecule has 0 aliphatic carbocycles. The number of hydrogen-bond acceptors (Lipinski definition) is 4. The maximum Gasteiger partial charge on any atom is 0.310 e. The SMILES string of the molecule is C=CC[C@@H](C(=O)O)[C@@H](CCCCO[Si](C)(C)C(C)(C)C)C(=O)OC(C)(C)C. The third kappa shape index (κ3) is 9.56. The summed E-state index contributed by atoms with van der Waals surface area (Å²) in [4.78, 5) is 24.2. The molecule has 1 N–H and O–H groups in total. The summed E-state index contributed by atoms with van der Waals surface area (Å²) in [6.07, 6.45) is 3.79. The smallest absolute Gasteiger partial charge is 0.310 e. The van der Waals surface area contributed by atoms with Gasteiger partial charge in [-0.2, -0.15) is 0 Å². The van der Waals surface area contributed by atoms with Gasteiger partial charge in [-0.05, 0) is 58.2 Å². The second-order valence-electron chi connectivity index (χ2n) is 9.71. The van der Waals surface area contributed by atoms with Gasteiger partial charge in [0.1, 0.15) is 5.60 Å². The van der Waals surface area contributed by atoms with Crippen LogP contribution in [0.3, 0.4) is 0 Å². The molecule has 0 aromatic carbocycles. The first-order valence-corrected chi connectivity index (χ1v) is 12.7. The first-order valence-electron chi connectivity index (χ1n) is 9.83. The van der Waals surface area contributed by atoms with Crippen molar-refractivity contribution >= 4 is 20.3 Å². The molecule has 0 rings (SSSR count). The maximum atomic E-state index is 12.6. The molecule has 2 atom stereocenters. The highest BCUT2D eigenvalue weighted by Gasteiger charge is 2.37. The molecule has 0 aromatic rings. The highest BCUT2D eigenvalue weighted by molar-refractivity contribution is 6.74. The van der Waals surface area contributed by atoms with Crippen LogP contribution < -0.4 is 0 Å². The first kappa shape index (κ1) is 25.9. The van der Waals surface area contributed by atoms with E-state index in [0.29, 0.717) is 13.0 Å². The maximum absolute atomic E-state index is 12.6. The molecule has 0 fully saturated rings. The fourth-order valence-corrected chi connectivity index (χ4v) is 3.58. The van der Waals surface area contributed by atoms with E-state index in [1.165, 1.54) is 0 Å². The van der Waals surface area contributed by atoms with Crippen molar-refractivity contribution in [3.63, 3.8) is 0 Å². The van der Waals surface area contributed by atoms with Gasteiger partial charge >= 0.3 is 11.9 Å². The molecule has 6 heteroatoms. The number of aliphatic carboxylic acids is 1. The van der Waals surface area contributed by atoms with Crippen molar-refractivity contribution in [3.05, 3.63) is 12.7 Å². The Morgan fingerprint density at radius 1 is 1.07 bits per heavy atom. The zero-order valence-corrected chi connectivity index (χ0v) is 19.6. The highest BCUT2D eigenvalue weighted by atomic mass is 28.4. The molecular formula is C21H40O5Si. The van der Waals surface area contributed by atoms with E-state index in [1.807, 2.05) is 0 Å². The number of rotatable bonds is 11. The molecule has 158 valence electrons. The summed E-state index contributed by atoms with van der Waals surface area (Å²) in [5, 5.41) is 9.70. The van der Waals surface area contributed by atoms with Crippen molar-refractivity contribution in [1.29, 1.82) is 0 Å². The molecule has 0 radical (unpaired) electrons. The van der Waals surface area contributed by atoms with Crippen molar-refractivity contribution in [2.75, 3.05) is 6.61 Å². The highest BCUT2D eigenvalue weighted by Crippen LogP contribution is 2.36. The van der Waals surface area contributed by atoms with Gasteiger partial charge in [0.2, 0.25) is 0 Å². The van der Waals surface area contributed by atoms with Crippen LogP contribution in [0.5, 0.6) is 0 Å². The zero-order valence-electron chi connectivity index (χ0n) is 18.6. The summed E-state index contributed by atoms with van der Waals surface area (Å²) >= 11 is 0. The number of carbonyl (C=O) groups is 2. The summed E-state index contributed by atoms with van der Waals surface area (Å²) in [5.41, 5.74) is -0.641. The summed E-state index contributed by atoms with van der Waals surface area (Å²) in [6, 6.07) is 0. The molecule has 0 saturated heterocycles. The number of unbranched alkanes of at least 4 members (excludes halogenated alkanes) is 1. The van der Waals surface area contributed by atoms with Crippen molar-refractivity contribution in [1.82, 2.24) is 0 Å². The summed E-state index contributed by atoms with van der Waals surface area (Å²) < 4.78 is 11.6. The molecule has 0 aliphatic heterocycles. The third-order valence-electron chi connectivity index (χ3n) is 5.11. The lowest BCUT2D eigenvalue weighted by atomic mass is 9.85. The summed E-state index contributed by atoms with van der Waals surface area (Å²) in [5.74, 6) is -2.91. The second-order valence-corrected chi connectivity index (χ2v) is 14.5. The average molecular weight is 401 g/mol. The first-order chi connectivity index (χ1) is 12.1. The van der Waals surface area contributed by atoms with Crippen LogP contribution in [0.15, 0.2) is 12.7 Å². The van der Waals surface area contributed by atoms with E-state index in [2.05, 4.69) is 40.4 Å². The fourth-order valence-electron chi connectivity index (χ4n) is 2.49. The average Bonchev–Trinajstić information content (AvgIpc) is 2.45. The van der Waals surface area contributed by atoms with Gasteiger partial charge in [0.15, 0.2) is 8.32 Å². The molecule has 0 saturated carbocycles. The van der Waals surface area contributed by atoms with Crippen LogP contribution in [-0.4, -0.2) is 37.6 Å². The van der Waals surface area contributed by atoms with Crippen molar-refractivity contribution < 1.29 is 23.9 Å². The van der Waals surface area contributed by atoms with E-state index < -0.39 is 37.7 Å². The number of allylic oxidation sites excluding steroid dienone is 1. The van der Waals surface area contributed by atoms with E-state index in [0.717, 1.165) is 12.8 Å². The van der Waals surface area contributed by atoms with E-state index >= 15 is 0 Å². The predicted octanol–water partition coefficient (Wildman–Crippen LogP) is 5.41. The summed E-state index contributed by atoms with van der Waals surface area (Å²) in [6.45, 7) is 20.6. The van der Waals surface area contributed by atoms with Crippen LogP contribution in [0.4, 0.5) is 0 Å². The Balaban J connectivity index is 4.89. The lowest BCUT2D eigenvalue weighted by Gasteiger charge is -2.36. The molecular weight excluding hydrogens is 360 g/mol. The Kier molecular flexibility index (Phi) is 9.97. The molecule has 0 aromatic heterocycles. The number of esters is 1. The van der Waals surface area contributed by atoms with Crippen LogP contribution in [0.1, 0.15) is 67.2 Å². The topological polar surface area (TPSA) is 72.8 Å². The largest absolute Gasteiger partial charge is 0.481 e. The van der Waals surface area contributed by atoms with Crippen molar-refractivity contribution in [2.24, 2.45) is 11.8 Å². The number of hydrogen-bond donors (Lipinski definition) is 1. The second kappa shape index (κ2) is 10.4. The molecule has 0 spiro atoms. The lowest BCUT2D eigenvalue weighted by Crippen LogP contribution is -2.41. The fraction of sp³-hybridized carbons (Fsp3) is 0.810. The van der Waals surface area contributed by atoms with Gasteiger partial charge in [-0.3, -0.25) is 9.59 Å². The third-order valence-corrected chi connectivity index (χ3v) is 9.65. The van der Waals surface area contributed by atoms with Crippen LogP contribution in [-0.2, 0) is 18.8 Å². The molecule has 0 amide bonds. The van der Waals surface area contributed by atoms with Gasteiger partial charge < -0.3 is 14.3 Å². The standard InChI is InChI=1S/C21H40O5Si/c1-10-13-16(18(22)23)17(19(24)26-20(2,3)4)14-11-12-15-25-27(8,9)21(5,6)7/h10,16-17H,1,11-15H2,2-9H3,(H,22,23)/t16-,17-/m1/s1. The molecule has 5 nitrogen and oxygen atoms in total. The number of carboxylic acids is 1. The number of ether oxygens (including phenoxy) is 1. The van der Waals surface area contributed by atoms with Crippen molar-refractivity contribution in [2.45, 2.75) is 91.0 Å². The van der Waals surface area contributed by atoms with Crippen molar-refractivity contribution in [3.8, 4) is 0 Å². The van der Waals surface area contributed by atoms with E-state index in [-0.39, 0.29) is 11.5 Å². The minimum Gasteiger partial charge on any atom is -0.481 e. The van der Waals surface area contributed by atoms with Gasteiger partial charge in [-0.1, -0.05) is 33.3 Å². The van der Waals surface area contributed by atoms with Gasteiger partial charge in [0, 0.05) is 6.61 Å². The lowest BCUT2D eigenvalue weighted by molar-refractivity contribution is -0.167. The number of carboxylic acid groups (broad SMARTS) is 1. The predicted molar refractivity (Wildman–Crippen MR) is 112 cm³/mol. The van der Waals surface area contributed by atoms with E-state index in [1.54, 1.807) is 26.8 Å². The zero-order chi connectivity index (χ0) is 21.5. The van der Waals surface area contributed by atoms with Gasteiger partial charge in [-0.15, -0.1) is 6.58 Å². The Labute approximate surface area is 166 Å². The van der Waals surface area contributed by atoms with Crippen LogP contribution in [0.2, 0.25) is 18.1 Å². The van der Waals surface area contributed by atoms with E-state index in [4.69, 9.17) is 9.16 Å². The molecule has 0 bridgehead atoms. The Hall–Kier alpha value is -1.14. The quantitative estimate of drug-likeness (QED) is 0.217. The summed E-state index contributed by atoms with van der Waals surface area (Å²) in [7, 11) is -1.79. The molecule has 0 unspecified atom stereocenters. The van der Waals surface area contributed by atoms with E-state index in [9.17, 15) is 14.7 Å². The Morgan fingerprint density at radius 2 is 1.63 bits per heavy atom. The molecule has 0 heterocycles. The van der Waals surface area contributed by atoms with Crippen LogP contribution >= 0.6 is 0 Å². The van der Waals surface area contributed by atoms with Gasteiger partial charge in [0.25, 0.3) is 0 Å². The van der Waals surface area contributed by atoms with Crippen LogP contribution in [0, 0.1) is 11.8 Å².